The van der Waals surface area contributed by atoms with Gasteiger partial charge in [0.25, 0.3) is 0 Å². The highest BCUT2D eigenvalue weighted by atomic mass is 19.4. The molecule has 1 aromatic heterocycles. The van der Waals surface area contributed by atoms with Crippen LogP contribution in [0.3, 0.4) is 0 Å². The normalized spacial score (nSPS) is 11.4. The molecule has 4 nitrogen and oxygen atoms in total. The molecule has 0 aliphatic rings. The third-order valence-corrected chi connectivity index (χ3v) is 1.77. The van der Waals surface area contributed by atoms with Gasteiger partial charge in [0, 0.05) is 11.3 Å². The zero-order valence-electron chi connectivity index (χ0n) is 8.51. The van der Waals surface area contributed by atoms with Crippen LogP contribution in [0.15, 0.2) is 6.07 Å². The minimum absolute atomic E-state index is 0.0295. The summed E-state index contributed by atoms with van der Waals surface area (Å²) in [5.41, 5.74) is -1.30. The summed E-state index contributed by atoms with van der Waals surface area (Å²) in [5, 5.41) is 8.71. The van der Waals surface area contributed by atoms with Crippen molar-refractivity contribution in [2.75, 3.05) is 0 Å². The van der Waals surface area contributed by atoms with Crippen LogP contribution in [0.1, 0.15) is 21.6 Å². The summed E-state index contributed by atoms with van der Waals surface area (Å²) in [6, 6.07) is 1.05. The minimum Gasteiger partial charge on any atom is -0.477 e. The molecule has 0 aliphatic carbocycles. The van der Waals surface area contributed by atoms with E-state index in [1.165, 1.54) is 6.92 Å². The molecule has 0 bridgehead atoms. The Kier molecular flexibility index (Phi) is 3.54. The highest BCUT2D eigenvalue weighted by Gasteiger charge is 2.34. The number of nitrogens with zero attached hydrogens (tertiary/aromatic N) is 1. The molecule has 1 aromatic rings. The van der Waals surface area contributed by atoms with Crippen LogP contribution in [0, 0.1) is 6.92 Å². The van der Waals surface area contributed by atoms with Crippen molar-refractivity contribution in [2.24, 2.45) is 0 Å². The Morgan fingerprint density at radius 1 is 1.53 bits per heavy atom. The lowest BCUT2D eigenvalue weighted by molar-refractivity contribution is -0.276. The molecule has 0 radical (unpaired) electrons. The molecule has 0 unspecified atom stereocenters. The molecular formula is C9H7F4NO3. The minimum atomic E-state index is -5.08. The number of carboxylic acids is 1. The van der Waals surface area contributed by atoms with Gasteiger partial charge in [-0.25, -0.2) is 14.2 Å². The lowest BCUT2D eigenvalue weighted by Gasteiger charge is -2.12. The predicted molar refractivity (Wildman–Crippen MR) is 47.4 cm³/mol. The van der Waals surface area contributed by atoms with E-state index in [-0.39, 0.29) is 5.69 Å². The van der Waals surface area contributed by atoms with E-state index in [1.54, 1.807) is 0 Å². The van der Waals surface area contributed by atoms with Gasteiger partial charge >= 0.3 is 12.3 Å². The Labute approximate surface area is 92.8 Å². The van der Waals surface area contributed by atoms with E-state index in [0.29, 0.717) is 0 Å². The van der Waals surface area contributed by atoms with Gasteiger partial charge in [-0.2, -0.15) is 0 Å². The number of aromatic nitrogens is 1. The highest BCUT2D eigenvalue weighted by molar-refractivity contribution is 5.92. The first-order valence-electron chi connectivity index (χ1n) is 4.30. The fraction of sp³-hybridized carbons (Fsp3) is 0.333. The predicted octanol–water partition coefficient (Wildman–Crippen LogP) is 2.46. The second-order valence-electron chi connectivity index (χ2n) is 3.09. The number of rotatable bonds is 3. The topological polar surface area (TPSA) is 59.4 Å². The largest absolute Gasteiger partial charge is 0.574 e. The molecule has 1 heterocycles. The van der Waals surface area contributed by atoms with E-state index in [1.807, 2.05) is 0 Å². The summed E-state index contributed by atoms with van der Waals surface area (Å²) in [5.74, 6) is -2.89. The molecule has 8 heteroatoms. The lowest BCUT2D eigenvalue weighted by Crippen LogP contribution is -2.21. The van der Waals surface area contributed by atoms with Crippen LogP contribution in [-0.4, -0.2) is 22.4 Å². The maximum Gasteiger partial charge on any atom is 0.574 e. The van der Waals surface area contributed by atoms with E-state index in [9.17, 15) is 22.4 Å². The molecular weight excluding hydrogens is 246 g/mol. The molecule has 0 fully saturated rings. The SMILES string of the molecule is Cc1cc(CF)c(C(=O)O)c(OC(F)(F)F)n1. The molecule has 1 rings (SSSR count). The third-order valence-electron chi connectivity index (χ3n) is 1.77. The molecule has 0 aromatic carbocycles. The number of hydrogen-bond acceptors (Lipinski definition) is 3. The number of carbonyl (C=O) groups is 1. The molecule has 0 aliphatic heterocycles. The standard InChI is InChI=1S/C9H7F4NO3/c1-4-2-5(3-10)6(8(15)16)7(14-4)17-9(11,12)13/h2H,3H2,1H3,(H,15,16). The van der Waals surface area contributed by atoms with E-state index in [4.69, 9.17) is 5.11 Å². The van der Waals surface area contributed by atoms with Crippen LogP contribution < -0.4 is 4.74 Å². The molecule has 0 saturated heterocycles. The average molecular weight is 253 g/mol. The fourth-order valence-electron chi connectivity index (χ4n) is 1.23. The first kappa shape index (κ1) is 13.2. The number of carboxylic acid groups (broad SMARTS) is 1. The van der Waals surface area contributed by atoms with Crippen LogP contribution in [0.2, 0.25) is 0 Å². The monoisotopic (exact) mass is 253 g/mol. The summed E-state index contributed by atoms with van der Waals surface area (Å²) >= 11 is 0. The number of alkyl halides is 4. The van der Waals surface area contributed by atoms with Crippen LogP contribution in [0.4, 0.5) is 17.6 Å². The Morgan fingerprint density at radius 2 is 2.12 bits per heavy atom. The van der Waals surface area contributed by atoms with Crippen molar-refractivity contribution in [1.29, 1.82) is 0 Å². The lowest BCUT2D eigenvalue weighted by atomic mass is 10.1. The number of ether oxygens (including phenoxy) is 1. The van der Waals surface area contributed by atoms with Gasteiger partial charge in [0.1, 0.15) is 12.2 Å². The van der Waals surface area contributed by atoms with Gasteiger partial charge in [-0.1, -0.05) is 0 Å². The molecule has 0 saturated carbocycles. The van der Waals surface area contributed by atoms with Crippen LogP contribution >= 0.6 is 0 Å². The van der Waals surface area contributed by atoms with Crippen molar-refractivity contribution in [3.63, 3.8) is 0 Å². The smallest absolute Gasteiger partial charge is 0.477 e. The first-order valence-corrected chi connectivity index (χ1v) is 4.30. The summed E-state index contributed by atoms with van der Waals surface area (Å²) in [7, 11) is 0. The Morgan fingerprint density at radius 3 is 2.53 bits per heavy atom. The summed E-state index contributed by atoms with van der Waals surface area (Å²) < 4.78 is 52.0. The van der Waals surface area contributed by atoms with Gasteiger partial charge in [-0.15, -0.1) is 13.2 Å². The highest BCUT2D eigenvalue weighted by Crippen LogP contribution is 2.28. The maximum atomic E-state index is 12.5. The number of halogens is 4. The second-order valence-corrected chi connectivity index (χ2v) is 3.09. The zero-order valence-corrected chi connectivity index (χ0v) is 8.51. The van der Waals surface area contributed by atoms with Crippen molar-refractivity contribution in [2.45, 2.75) is 20.0 Å². The first-order chi connectivity index (χ1) is 7.74. The molecule has 0 atom stereocenters. The number of aryl methyl sites for hydroxylation is 1. The molecule has 94 valence electrons. The van der Waals surface area contributed by atoms with E-state index < -0.39 is 36.0 Å². The Balaban J connectivity index is 3.35. The average Bonchev–Trinajstić information content (AvgIpc) is 2.12. The van der Waals surface area contributed by atoms with Crippen LogP contribution in [0.5, 0.6) is 5.88 Å². The van der Waals surface area contributed by atoms with Crippen molar-refractivity contribution in [3.05, 3.63) is 22.9 Å². The number of aromatic carboxylic acids is 1. The molecule has 0 amide bonds. The van der Waals surface area contributed by atoms with Gasteiger partial charge in [0.2, 0.25) is 5.88 Å². The van der Waals surface area contributed by atoms with Crippen LogP contribution in [0.25, 0.3) is 0 Å². The second kappa shape index (κ2) is 4.56. The summed E-state index contributed by atoms with van der Waals surface area (Å²) in [6.45, 7) is 0.0766. The molecule has 1 N–H and O–H groups in total. The molecule has 17 heavy (non-hydrogen) atoms. The quantitative estimate of drug-likeness (QED) is 0.840. The summed E-state index contributed by atoms with van der Waals surface area (Å²) in [6.07, 6.45) is -5.08. The summed E-state index contributed by atoms with van der Waals surface area (Å²) in [4.78, 5) is 14.0. The fourth-order valence-corrected chi connectivity index (χ4v) is 1.23. The van der Waals surface area contributed by atoms with E-state index in [2.05, 4.69) is 9.72 Å². The third kappa shape index (κ3) is 3.30. The van der Waals surface area contributed by atoms with Gasteiger partial charge in [-0.05, 0) is 13.0 Å². The maximum absolute atomic E-state index is 12.5. The van der Waals surface area contributed by atoms with Crippen molar-refractivity contribution in [3.8, 4) is 5.88 Å². The van der Waals surface area contributed by atoms with Crippen molar-refractivity contribution in [1.82, 2.24) is 4.98 Å². The van der Waals surface area contributed by atoms with Crippen LogP contribution in [-0.2, 0) is 6.67 Å². The Bertz CT molecular complexity index is 445. The molecule has 0 spiro atoms. The van der Waals surface area contributed by atoms with Gasteiger partial charge in [0.15, 0.2) is 0 Å². The Hall–Kier alpha value is -1.86. The van der Waals surface area contributed by atoms with Gasteiger partial charge in [-0.3, -0.25) is 0 Å². The zero-order chi connectivity index (χ0) is 13.2. The number of hydrogen-bond donors (Lipinski definition) is 1. The van der Waals surface area contributed by atoms with Crippen molar-refractivity contribution >= 4 is 5.97 Å². The number of pyridine rings is 1. The van der Waals surface area contributed by atoms with Crippen molar-refractivity contribution < 1.29 is 32.2 Å². The van der Waals surface area contributed by atoms with E-state index in [0.717, 1.165) is 6.07 Å². The van der Waals surface area contributed by atoms with Gasteiger partial charge in [0.05, 0.1) is 0 Å². The van der Waals surface area contributed by atoms with E-state index >= 15 is 0 Å². The van der Waals surface area contributed by atoms with Gasteiger partial charge < -0.3 is 9.84 Å².